The van der Waals surface area contributed by atoms with Gasteiger partial charge in [-0.05, 0) is 6.42 Å². The number of nitrogens with two attached hydrogens (primary N) is 1. The average molecular weight is 198 g/mol. The second kappa shape index (κ2) is 4.76. The first-order chi connectivity index (χ1) is 6.66. The summed E-state index contributed by atoms with van der Waals surface area (Å²) in [4.78, 5) is 14.3. The number of aromatic carboxylic acids is 1. The van der Waals surface area contributed by atoms with Crippen molar-refractivity contribution in [1.82, 2.24) is 4.98 Å². The van der Waals surface area contributed by atoms with Gasteiger partial charge in [0.1, 0.15) is 0 Å². The van der Waals surface area contributed by atoms with Crippen molar-refractivity contribution in [2.24, 2.45) is 5.73 Å². The molecule has 0 saturated carbocycles. The summed E-state index contributed by atoms with van der Waals surface area (Å²) in [6.45, 7) is 2.05. The Morgan fingerprint density at radius 2 is 2.50 bits per heavy atom. The van der Waals surface area contributed by atoms with E-state index in [1.807, 2.05) is 6.92 Å². The summed E-state index contributed by atoms with van der Waals surface area (Å²) in [5, 5.41) is 8.75. The van der Waals surface area contributed by atoms with Gasteiger partial charge < -0.3 is 15.3 Å². The molecule has 0 amide bonds. The van der Waals surface area contributed by atoms with Crippen LogP contribution in [0.5, 0.6) is 0 Å². The molecule has 0 saturated heterocycles. The molecule has 5 nitrogen and oxygen atoms in total. The quantitative estimate of drug-likeness (QED) is 0.749. The predicted octanol–water partition coefficient (Wildman–Crippen LogP) is 1.56. The molecule has 0 aliphatic rings. The minimum atomic E-state index is -1.10. The smallest absolute Gasteiger partial charge is 0.358 e. The highest BCUT2D eigenvalue weighted by Crippen LogP contribution is 2.19. The summed E-state index contributed by atoms with van der Waals surface area (Å²) >= 11 is 0. The highest BCUT2D eigenvalue weighted by molar-refractivity contribution is 5.86. The molecule has 0 fully saturated rings. The molecule has 1 unspecified atom stereocenters. The van der Waals surface area contributed by atoms with Crippen LogP contribution in [-0.4, -0.2) is 16.1 Å². The second-order valence-electron chi connectivity index (χ2n) is 3.12. The lowest BCUT2D eigenvalue weighted by molar-refractivity contribution is 0.0688. The lowest BCUT2D eigenvalue weighted by Gasteiger charge is -2.07. The van der Waals surface area contributed by atoms with Crippen molar-refractivity contribution < 1.29 is 14.3 Å². The van der Waals surface area contributed by atoms with E-state index in [2.05, 4.69) is 4.98 Å². The van der Waals surface area contributed by atoms with E-state index in [9.17, 15) is 4.79 Å². The van der Waals surface area contributed by atoms with E-state index in [1.165, 1.54) is 0 Å². The number of hydrogen-bond donors (Lipinski definition) is 2. The Hall–Kier alpha value is -1.36. The number of unbranched alkanes of at least 4 members (excludes halogenated alkanes) is 1. The first kappa shape index (κ1) is 10.7. The zero-order valence-electron chi connectivity index (χ0n) is 8.06. The fourth-order valence-electron chi connectivity index (χ4n) is 1.23. The molecule has 1 heterocycles. The van der Waals surface area contributed by atoms with Crippen molar-refractivity contribution >= 4 is 5.97 Å². The van der Waals surface area contributed by atoms with Gasteiger partial charge in [0.05, 0.1) is 6.04 Å². The molecule has 0 aliphatic carbocycles. The Labute approximate surface area is 81.9 Å². The number of carbonyl (C=O) groups is 1. The molecule has 0 spiro atoms. The standard InChI is InChI=1S/C9H14N2O3/c1-2-3-4-6(10)8-7(9(12)13)11-5-14-8/h5-6H,2-4,10H2,1H3,(H,12,13). The molecular weight excluding hydrogens is 184 g/mol. The molecule has 1 atom stereocenters. The summed E-state index contributed by atoms with van der Waals surface area (Å²) in [5.74, 6) is -0.827. The van der Waals surface area contributed by atoms with Crippen LogP contribution in [0, 0.1) is 0 Å². The summed E-state index contributed by atoms with van der Waals surface area (Å²) in [6, 6.07) is -0.372. The Bertz CT molecular complexity index is 309. The maximum absolute atomic E-state index is 10.7. The van der Waals surface area contributed by atoms with Crippen LogP contribution in [0.4, 0.5) is 0 Å². The second-order valence-corrected chi connectivity index (χ2v) is 3.12. The fourth-order valence-corrected chi connectivity index (χ4v) is 1.23. The van der Waals surface area contributed by atoms with Crippen molar-refractivity contribution in [2.45, 2.75) is 32.2 Å². The summed E-state index contributed by atoms with van der Waals surface area (Å²) < 4.78 is 4.97. The third kappa shape index (κ3) is 2.32. The lowest BCUT2D eigenvalue weighted by Crippen LogP contribution is -2.13. The van der Waals surface area contributed by atoms with Gasteiger partial charge in [0.2, 0.25) is 0 Å². The van der Waals surface area contributed by atoms with E-state index in [4.69, 9.17) is 15.3 Å². The highest BCUT2D eigenvalue weighted by atomic mass is 16.4. The molecule has 0 bridgehead atoms. The number of aromatic nitrogens is 1. The normalized spacial score (nSPS) is 12.7. The van der Waals surface area contributed by atoms with E-state index in [0.29, 0.717) is 6.42 Å². The summed E-state index contributed by atoms with van der Waals surface area (Å²) in [7, 11) is 0. The highest BCUT2D eigenvalue weighted by Gasteiger charge is 2.20. The zero-order valence-corrected chi connectivity index (χ0v) is 8.06. The number of rotatable bonds is 5. The van der Waals surface area contributed by atoms with Crippen LogP contribution in [0.3, 0.4) is 0 Å². The number of oxazole rings is 1. The Morgan fingerprint density at radius 1 is 1.79 bits per heavy atom. The molecule has 14 heavy (non-hydrogen) atoms. The molecule has 0 radical (unpaired) electrons. The average Bonchev–Trinajstić information content (AvgIpc) is 2.62. The molecule has 0 aromatic carbocycles. The first-order valence-corrected chi connectivity index (χ1v) is 4.59. The number of nitrogens with zero attached hydrogens (tertiary/aromatic N) is 1. The predicted molar refractivity (Wildman–Crippen MR) is 49.9 cm³/mol. The van der Waals surface area contributed by atoms with Crippen LogP contribution in [0.1, 0.15) is 48.5 Å². The summed E-state index contributed by atoms with van der Waals surface area (Å²) in [5.41, 5.74) is 5.69. The van der Waals surface area contributed by atoms with Gasteiger partial charge >= 0.3 is 5.97 Å². The monoisotopic (exact) mass is 198 g/mol. The van der Waals surface area contributed by atoms with Gasteiger partial charge in [-0.15, -0.1) is 0 Å². The maximum atomic E-state index is 10.7. The van der Waals surface area contributed by atoms with Crippen molar-refractivity contribution in [3.8, 4) is 0 Å². The van der Waals surface area contributed by atoms with E-state index >= 15 is 0 Å². The van der Waals surface area contributed by atoms with Crippen molar-refractivity contribution in [3.05, 3.63) is 17.8 Å². The zero-order chi connectivity index (χ0) is 10.6. The van der Waals surface area contributed by atoms with Crippen LogP contribution >= 0.6 is 0 Å². The molecule has 3 N–H and O–H groups in total. The van der Waals surface area contributed by atoms with Crippen molar-refractivity contribution in [1.29, 1.82) is 0 Å². The number of hydrogen-bond acceptors (Lipinski definition) is 4. The Morgan fingerprint density at radius 3 is 3.07 bits per heavy atom. The van der Waals surface area contributed by atoms with E-state index in [0.717, 1.165) is 19.2 Å². The maximum Gasteiger partial charge on any atom is 0.358 e. The minimum absolute atomic E-state index is 0.0754. The molecule has 1 aromatic rings. The SMILES string of the molecule is CCCCC(N)c1ocnc1C(=O)O. The van der Waals surface area contributed by atoms with Gasteiger partial charge in [-0.25, -0.2) is 9.78 Å². The molecular formula is C9H14N2O3. The van der Waals surface area contributed by atoms with Gasteiger partial charge in [-0.2, -0.15) is 0 Å². The number of carboxylic acids is 1. The van der Waals surface area contributed by atoms with Crippen LogP contribution in [-0.2, 0) is 0 Å². The van der Waals surface area contributed by atoms with Gasteiger partial charge in [0, 0.05) is 0 Å². The molecule has 1 aromatic heterocycles. The van der Waals surface area contributed by atoms with Gasteiger partial charge in [0.15, 0.2) is 17.8 Å². The van der Waals surface area contributed by atoms with E-state index < -0.39 is 5.97 Å². The van der Waals surface area contributed by atoms with Gasteiger partial charge in [0.25, 0.3) is 0 Å². The van der Waals surface area contributed by atoms with Crippen molar-refractivity contribution in [2.75, 3.05) is 0 Å². The van der Waals surface area contributed by atoms with Crippen LogP contribution in [0.15, 0.2) is 10.8 Å². The van der Waals surface area contributed by atoms with E-state index in [-0.39, 0.29) is 17.5 Å². The molecule has 1 rings (SSSR count). The third-order valence-corrected chi connectivity index (χ3v) is 2.00. The van der Waals surface area contributed by atoms with Crippen LogP contribution < -0.4 is 5.73 Å². The largest absolute Gasteiger partial charge is 0.476 e. The van der Waals surface area contributed by atoms with Crippen LogP contribution in [0.2, 0.25) is 0 Å². The van der Waals surface area contributed by atoms with Gasteiger partial charge in [-0.1, -0.05) is 19.8 Å². The van der Waals surface area contributed by atoms with Crippen molar-refractivity contribution in [3.63, 3.8) is 0 Å². The topological polar surface area (TPSA) is 89.4 Å². The molecule has 0 aliphatic heterocycles. The lowest BCUT2D eigenvalue weighted by atomic mass is 10.1. The first-order valence-electron chi connectivity index (χ1n) is 4.59. The Balaban J connectivity index is 2.73. The number of carboxylic acid groups (broad SMARTS) is 1. The summed E-state index contributed by atoms with van der Waals surface area (Å²) in [6.07, 6.45) is 3.79. The molecule has 78 valence electrons. The Kier molecular flexibility index (Phi) is 3.64. The molecule has 5 heteroatoms. The van der Waals surface area contributed by atoms with E-state index in [1.54, 1.807) is 0 Å². The van der Waals surface area contributed by atoms with Gasteiger partial charge in [-0.3, -0.25) is 0 Å². The third-order valence-electron chi connectivity index (χ3n) is 2.00. The fraction of sp³-hybridized carbons (Fsp3) is 0.556. The van der Waals surface area contributed by atoms with Crippen LogP contribution in [0.25, 0.3) is 0 Å². The minimum Gasteiger partial charge on any atom is -0.476 e.